The van der Waals surface area contributed by atoms with Crippen LogP contribution in [0.3, 0.4) is 0 Å². The molecule has 0 radical (unpaired) electrons. The molecule has 4 nitrogen and oxygen atoms in total. The van der Waals surface area contributed by atoms with E-state index in [1.165, 1.54) is 109 Å². The molecule has 0 N–H and O–H groups in total. The molecule has 0 saturated heterocycles. The Kier molecular flexibility index (Phi) is 9.02. The van der Waals surface area contributed by atoms with Gasteiger partial charge in [0.2, 0.25) is 0 Å². The molecule has 10 aromatic carbocycles. The maximum Gasteiger partial charge on any atom is 0.182 e. The number of pyridine rings is 2. The van der Waals surface area contributed by atoms with Crippen LogP contribution in [0, 0.1) is 0 Å². The lowest BCUT2D eigenvalue weighted by molar-refractivity contribution is 1.18. The molecule has 2 aliphatic rings. The molecule has 4 aromatic heterocycles. The number of aromatic nitrogens is 4. The summed E-state index contributed by atoms with van der Waals surface area (Å²) in [4.78, 5) is 10.1. The van der Waals surface area contributed by atoms with Crippen molar-refractivity contribution in [2.75, 3.05) is 0 Å². The van der Waals surface area contributed by atoms with Crippen molar-refractivity contribution < 1.29 is 0 Å². The van der Waals surface area contributed by atoms with Crippen molar-refractivity contribution in [3.05, 3.63) is 267 Å². The first-order valence-corrected chi connectivity index (χ1v) is 27.8. The summed E-state index contributed by atoms with van der Waals surface area (Å²) in [6, 6.07) is 94.5. The van der Waals surface area contributed by atoms with Crippen LogP contribution in [0.2, 0.25) is 0 Å². The van der Waals surface area contributed by atoms with E-state index in [2.05, 4.69) is 252 Å². The Bertz CT molecular complexity index is 4340. The highest BCUT2D eigenvalue weighted by Gasteiger charge is 2.56. The van der Waals surface area contributed by atoms with E-state index in [0.29, 0.717) is 0 Å². The van der Waals surface area contributed by atoms with Gasteiger partial charge in [-0.2, -0.15) is 0 Å². The molecule has 0 bridgehead atoms. The monoisotopic (exact) mass is 968 g/mol. The highest BCUT2D eigenvalue weighted by Crippen LogP contribution is 2.51. The molecule has 0 atom stereocenters. The van der Waals surface area contributed by atoms with E-state index in [1.54, 1.807) is 0 Å². The fourth-order valence-electron chi connectivity index (χ4n) is 13.5. The van der Waals surface area contributed by atoms with Gasteiger partial charge in [-0.3, -0.25) is 9.97 Å². The molecule has 0 saturated carbocycles. The Balaban J connectivity index is 1.08. The van der Waals surface area contributed by atoms with Crippen molar-refractivity contribution in [3.63, 3.8) is 0 Å². The number of nitrogens with zero attached hydrogens (tertiary/aromatic N) is 4. The highest BCUT2D eigenvalue weighted by molar-refractivity contribution is 7.24. The van der Waals surface area contributed by atoms with Gasteiger partial charge in [-0.25, -0.2) is 0 Å². The number of hydrogen-bond donors (Lipinski definition) is 0. The summed E-state index contributed by atoms with van der Waals surface area (Å²) in [5, 5.41) is 10.6. The minimum absolute atomic E-state index is 0.964. The molecule has 14 aromatic rings. The molecule has 0 aliphatic carbocycles. The molecule has 1 spiro atoms. The van der Waals surface area contributed by atoms with Gasteiger partial charge in [0.05, 0.1) is 33.5 Å². The molecule has 0 unspecified atom stereocenters. The van der Waals surface area contributed by atoms with Crippen molar-refractivity contribution in [2.24, 2.45) is 0 Å². The van der Waals surface area contributed by atoms with Gasteiger partial charge in [0.15, 0.2) is 8.07 Å². The lowest BCUT2D eigenvalue weighted by Gasteiger charge is -2.28. The molecule has 5 heteroatoms. The van der Waals surface area contributed by atoms with Gasteiger partial charge in [-0.1, -0.05) is 182 Å². The van der Waals surface area contributed by atoms with Crippen molar-refractivity contribution in [2.45, 2.75) is 0 Å². The quantitative estimate of drug-likeness (QED) is 0.156. The average Bonchev–Trinajstić information content (AvgIpc) is 4.41. The van der Waals surface area contributed by atoms with E-state index in [1.807, 2.05) is 24.5 Å². The Morgan fingerprint density at radius 1 is 0.253 bits per heavy atom. The van der Waals surface area contributed by atoms with Crippen LogP contribution in [0.25, 0.3) is 122 Å². The zero-order valence-corrected chi connectivity index (χ0v) is 41.7. The van der Waals surface area contributed by atoms with Crippen molar-refractivity contribution >= 4 is 72.4 Å². The molecule has 0 amide bonds. The zero-order chi connectivity index (χ0) is 49.2. The van der Waals surface area contributed by atoms with Crippen LogP contribution in [0.15, 0.2) is 267 Å². The smallest absolute Gasteiger partial charge is 0.182 e. The maximum absolute atomic E-state index is 5.06. The van der Waals surface area contributed by atoms with Crippen LogP contribution < -0.4 is 20.7 Å². The van der Waals surface area contributed by atoms with E-state index in [-0.39, 0.29) is 0 Å². The van der Waals surface area contributed by atoms with Gasteiger partial charge < -0.3 is 9.13 Å². The second-order valence-corrected chi connectivity index (χ2v) is 23.5. The van der Waals surface area contributed by atoms with Gasteiger partial charge >= 0.3 is 0 Å². The van der Waals surface area contributed by atoms with Crippen LogP contribution in [0.4, 0.5) is 0 Å². The molecule has 6 heterocycles. The number of para-hydroxylation sites is 4. The summed E-state index contributed by atoms with van der Waals surface area (Å²) in [7, 11) is -3.21. The summed E-state index contributed by atoms with van der Waals surface area (Å²) in [6.45, 7) is 0. The lowest BCUT2D eigenvalue weighted by Crippen LogP contribution is -2.70. The van der Waals surface area contributed by atoms with E-state index in [0.717, 1.165) is 33.9 Å². The Hall–Kier alpha value is -9.68. The van der Waals surface area contributed by atoms with Crippen molar-refractivity contribution in [1.29, 1.82) is 0 Å². The largest absolute Gasteiger partial charge is 0.309 e. The Morgan fingerprint density at radius 3 is 1.00 bits per heavy atom. The van der Waals surface area contributed by atoms with Gasteiger partial charge in [0.1, 0.15) is 0 Å². The van der Waals surface area contributed by atoms with Crippen LogP contribution >= 0.6 is 0 Å². The number of rotatable bonds is 6. The van der Waals surface area contributed by atoms with Gasteiger partial charge in [0.25, 0.3) is 0 Å². The minimum Gasteiger partial charge on any atom is -0.309 e. The third-order valence-corrected chi connectivity index (χ3v) is 21.2. The normalized spacial score (nSPS) is 12.9. The van der Waals surface area contributed by atoms with Crippen LogP contribution in [0.1, 0.15) is 0 Å². The van der Waals surface area contributed by atoms with Gasteiger partial charge in [-0.15, -0.1) is 0 Å². The summed E-state index contributed by atoms with van der Waals surface area (Å²) in [6.07, 6.45) is 3.85. The highest BCUT2D eigenvalue weighted by atomic mass is 28.3. The summed E-state index contributed by atoms with van der Waals surface area (Å²) >= 11 is 0. The summed E-state index contributed by atoms with van der Waals surface area (Å²) in [5.41, 5.74) is 21.3. The molecule has 0 fully saturated rings. The van der Waals surface area contributed by atoms with E-state index < -0.39 is 8.07 Å². The predicted molar refractivity (Wildman–Crippen MR) is 314 cm³/mol. The molecule has 16 rings (SSSR count). The van der Waals surface area contributed by atoms with Crippen LogP contribution in [-0.2, 0) is 0 Å². The fraction of sp³-hybridized carbons (Fsp3) is 0. The lowest BCUT2D eigenvalue weighted by atomic mass is 9.87. The van der Waals surface area contributed by atoms with Crippen LogP contribution in [0.5, 0.6) is 0 Å². The molecular formula is C70H44N4Si. The summed E-state index contributed by atoms with van der Waals surface area (Å²) in [5.74, 6) is 0. The first kappa shape index (κ1) is 41.9. The van der Waals surface area contributed by atoms with E-state index in [4.69, 9.17) is 9.97 Å². The zero-order valence-electron chi connectivity index (χ0n) is 40.7. The number of benzene rings is 10. The maximum atomic E-state index is 5.06. The predicted octanol–water partition coefficient (Wildman–Crippen LogP) is 14.7. The molecule has 2 aliphatic heterocycles. The van der Waals surface area contributed by atoms with Gasteiger partial charge in [-0.05, 0) is 138 Å². The van der Waals surface area contributed by atoms with Crippen molar-refractivity contribution in [1.82, 2.24) is 19.1 Å². The van der Waals surface area contributed by atoms with Crippen molar-refractivity contribution in [3.8, 4) is 78.4 Å². The third kappa shape index (κ3) is 5.76. The number of hydrogen-bond acceptors (Lipinski definition) is 2. The van der Waals surface area contributed by atoms with Crippen LogP contribution in [-0.4, -0.2) is 27.2 Å². The van der Waals surface area contributed by atoms with Gasteiger partial charge in [0, 0.05) is 56.4 Å². The SMILES string of the molecule is c1ccc(-n2c3ccccc3c3c(-c4cccc5c4-c4c(-c6cccc7c6c6ccccc6n7-c6ccccc6)cccc4[Si]54c5cccc(-c6ccccn6)c5-c5c(-c6ccccn6)cccc54)cccc32)cc1. The van der Waals surface area contributed by atoms with E-state index >= 15 is 0 Å². The standard InChI is InChI=1S/C70H44N4Si/c1-3-21-45(22-4-1)73-57-35-9-7-25-53(57)65-47(27-15-37-59(65)73)49-29-17-39-61-67(49)68-50(48-28-16-38-60-66(48)54-26-8-10-36-58(54)74(60)46-23-5-2-6-24-46)30-18-40-62(68)75(61)63-41-19-31-51(55-33-11-13-43-71-55)69(63)70-52(32-20-42-64(70)75)56-34-12-14-44-72-56/h1-44H. The fourth-order valence-corrected chi connectivity index (χ4v) is 19.2. The second kappa shape index (κ2) is 16.2. The molecule has 348 valence electrons. The third-order valence-electron chi connectivity index (χ3n) is 16.3. The summed E-state index contributed by atoms with van der Waals surface area (Å²) < 4.78 is 4.88. The minimum atomic E-state index is -3.21. The Labute approximate surface area is 434 Å². The molecule has 75 heavy (non-hydrogen) atoms. The average molecular weight is 969 g/mol. The first-order valence-electron chi connectivity index (χ1n) is 25.8. The first-order chi connectivity index (χ1) is 37.3. The topological polar surface area (TPSA) is 35.6 Å². The Morgan fingerprint density at radius 2 is 0.587 bits per heavy atom. The number of fused-ring (bicyclic) bond motifs is 16. The van der Waals surface area contributed by atoms with E-state index in [9.17, 15) is 0 Å². The molecular weight excluding hydrogens is 925 g/mol. The second-order valence-electron chi connectivity index (χ2n) is 19.9.